The van der Waals surface area contributed by atoms with Gasteiger partial charge in [0.25, 0.3) is 0 Å². The molecule has 0 saturated carbocycles. The van der Waals surface area contributed by atoms with Crippen LogP contribution in [0, 0.1) is 6.57 Å². The molecule has 8 aromatic carbocycles. The summed E-state index contributed by atoms with van der Waals surface area (Å²) in [6.45, 7) is 8.18. The number of rotatable bonds is 5. The Hall–Kier alpha value is -7.67. The Morgan fingerprint density at radius 3 is 1.56 bits per heavy atom. The number of fused-ring (bicyclic) bond motifs is 10. The molecule has 2 aliphatic carbocycles. The minimum Gasteiger partial charge on any atom is -0.238 e. The molecule has 3 heteroatoms. The second-order valence-corrected chi connectivity index (χ2v) is 14.8. The molecule has 0 radical (unpaired) electrons. The van der Waals surface area contributed by atoms with Crippen molar-refractivity contribution < 1.29 is 0 Å². The van der Waals surface area contributed by atoms with Gasteiger partial charge in [0.15, 0.2) is 11.5 Å². The fourth-order valence-electron chi connectivity index (χ4n) is 9.22. The Kier molecular flexibility index (Phi) is 7.45. The summed E-state index contributed by atoms with van der Waals surface area (Å²) in [4.78, 5) is 14.3. The SMILES string of the molecule is [C-]#[N+]c1cccc2c1-c1ccc(-c3cccc(-c4cc(-c5ccc(-c6ccccc6)cc5)nc(-c5ccccc5)n4)c3)cc1C21c2ccccc2-c2ccccc21. The van der Waals surface area contributed by atoms with E-state index in [0.29, 0.717) is 11.5 Å². The van der Waals surface area contributed by atoms with Gasteiger partial charge in [0.1, 0.15) is 0 Å². The summed E-state index contributed by atoms with van der Waals surface area (Å²) in [6, 6.07) is 70.7. The smallest absolute Gasteiger partial charge is 0.195 e. The number of benzene rings is 8. The molecular weight excluding hydrogens is 691 g/mol. The lowest BCUT2D eigenvalue weighted by Gasteiger charge is -2.31. The summed E-state index contributed by atoms with van der Waals surface area (Å²) >= 11 is 0. The quantitative estimate of drug-likeness (QED) is 0.166. The molecule has 2 aliphatic rings. The highest BCUT2D eigenvalue weighted by atomic mass is 14.9. The maximum Gasteiger partial charge on any atom is 0.195 e. The van der Waals surface area contributed by atoms with Crippen molar-refractivity contribution in [2.75, 3.05) is 0 Å². The zero-order valence-corrected chi connectivity index (χ0v) is 30.9. The predicted molar refractivity (Wildman–Crippen MR) is 232 cm³/mol. The molecule has 0 unspecified atom stereocenters. The van der Waals surface area contributed by atoms with Crippen molar-refractivity contribution in [3.63, 3.8) is 0 Å². The molecule has 0 N–H and O–H groups in total. The fourth-order valence-corrected chi connectivity index (χ4v) is 9.22. The highest BCUT2D eigenvalue weighted by Gasteiger charge is 2.52. The highest BCUT2D eigenvalue weighted by Crippen LogP contribution is 2.64. The van der Waals surface area contributed by atoms with Crippen molar-refractivity contribution in [2.24, 2.45) is 0 Å². The van der Waals surface area contributed by atoms with Crippen LogP contribution in [0.1, 0.15) is 22.3 Å². The lowest BCUT2D eigenvalue weighted by molar-refractivity contribution is 0.794. The van der Waals surface area contributed by atoms with E-state index in [1.54, 1.807) is 0 Å². The van der Waals surface area contributed by atoms with E-state index in [1.807, 2.05) is 36.4 Å². The summed E-state index contributed by atoms with van der Waals surface area (Å²) in [6.07, 6.45) is 0. The lowest BCUT2D eigenvalue weighted by atomic mass is 9.70. The van der Waals surface area contributed by atoms with E-state index in [0.717, 1.165) is 50.3 Å². The van der Waals surface area contributed by atoms with Gasteiger partial charge in [0.2, 0.25) is 0 Å². The van der Waals surface area contributed by atoms with E-state index in [2.05, 4.69) is 169 Å². The van der Waals surface area contributed by atoms with Crippen LogP contribution in [0.2, 0.25) is 0 Å². The van der Waals surface area contributed by atoms with Crippen LogP contribution in [0.15, 0.2) is 200 Å². The lowest BCUT2D eigenvalue weighted by Crippen LogP contribution is -2.25. The summed E-state index contributed by atoms with van der Waals surface area (Å²) in [5.41, 5.74) is 19.0. The van der Waals surface area contributed by atoms with Crippen molar-refractivity contribution in [2.45, 2.75) is 5.41 Å². The minimum absolute atomic E-state index is 0.533. The average molecular weight is 724 g/mol. The molecule has 57 heavy (non-hydrogen) atoms. The second kappa shape index (κ2) is 13.0. The van der Waals surface area contributed by atoms with Crippen LogP contribution >= 0.6 is 0 Å². The first-order valence-electron chi connectivity index (χ1n) is 19.3. The largest absolute Gasteiger partial charge is 0.238 e. The van der Waals surface area contributed by atoms with Crippen LogP contribution in [0.25, 0.3) is 83.3 Å². The predicted octanol–water partition coefficient (Wildman–Crippen LogP) is 13.7. The first kappa shape index (κ1) is 32.7. The Morgan fingerprint density at radius 1 is 0.351 bits per heavy atom. The molecule has 1 spiro atoms. The third kappa shape index (κ3) is 5.05. The van der Waals surface area contributed by atoms with Gasteiger partial charge < -0.3 is 0 Å². The Bertz CT molecular complexity index is 3020. The van der Waals surface area contributed by atoms with E-state index in [9.17, 15) is 0 Å². The summed E-state index contributed by atoms with van der Waals surface area (Å²) in [7, 11) is 0. The van der Waals surface area contributed by atoms with Crippen molar-refractivity contribution in [3.05, 3.63) is 234 Å². The average Bonchev–Trinajstić information content (AvgIpc) is 3.77. The first-order chi connectivity index (χ1) is 28.2. The Labute approximate surface area is 332 Å². The monoisotopic (exact) mass is 723 g/mol. The zero-order valence-electron chi connectivity index (χ0n) is 30.9. The molecule has 1 heterocycles. The van der Waals surface area contributed by atoms with Crippen LogP contribution < -0.4 is 0 Å². The third-order valence-corrected chi connectivity index (χ3v) is 11.7. The summed E-state index contributed by atoms with van der Waals surface area (Å²) in [5, 5.41) is 0. The van der Waals surface area contributed by atoms with Crippen molar-refractivity contribution >= 4 is 5.69 Å². The van der Waals surface area contributed by atoms with Crippen LogP contribution in [0.4, 0.5) is 5.69 Å². The van der Waals surface area contributed by atoms with E-state index < -0.39 is 5.41 Å². The standard InChI is InChI=1S/C54H33N3/c1-55-49-25-13-24-47-52(49)44-31-30-40(33-48(44)54(47)45-22-10-8-20-42(45)43-21-9-11-23-46(43)54)39-18-12-19-41(32-39)51-34-50(56-53(57-51)38-16-6-3-7-17-38)37-28-26-36(27-29-37)35-14-4-2-5-15-35/h2-34H. The second-order valence-electron chi connectivity index (χ2n) is 14.8. The molecular formula is C54H33N3. The number of aromatic nitrogens is 2. The van der Waals surface area contributed by atoms with E-state index in [4.69, 9.17) is 16.5 Å². The van der Waals surface area contributed by atoms with Crippen LogP contribution in [0.5, 0.6) is 0 Å². The molecule has 1 aromatic heterocycles. The number of hydrogen-bond acceptors (Lipinski definition) is 2. The van der Waals surface area contributed by atoms with Gasteiger partial charge in [0.05, 0.1) is 23.4 Å². The van der Waals surface area contributed by atoms with Gasteiger partial charge in [-0.05, 0) is 85.0 Å². The van der Waals surface area contributed by atoms with Crippen LogP contribution in [-0.2, 0) is 5.41 Å². The normalized spacial score (nSPS) is 12.7. The van der Waals surface area contributed by atoms with E-state index in [-0.39, 0.29) is 0 Å². The van der Waals surface area contributed by atoms with Crippen molar-refractivity contribution in [1.29, 1.82) is 0 Å². The van der Waals surface area contributed by atoms with Crippen LogP contribution in [0.3, 0.4) is 0 Å². The molecule has 0 saturated heterocycles. The molecule has 0 aliphatic heterocycles. The Balaban J connectivity index is 1.06. The molecule has 0 fully saturated rings. The maximum absolute atomic E-state index is 8.18. The summed E-state index contributed by atoms with van der Waals surface area (Å²) in [5.74, 6) is 0.687. The first-order valence-corrected chi connectivity index (χ1v) is 19.3. The number of nitrogens with zero attached hydrogens (tertiary/aromatic N) is 3. The molecule has 0 amide bonds. The zero-order chi connectivity index (χ0) is 37.9. The van der Waals surface area contributed by atoms with Gasteiger partial charge in [0, 0.05) is 16.7 Å². The van der Waals surface area contributed by atoms with Gasteiger partial charge in [-0.25, -0.2) is 14.8 Å². The molecule has 0 bridgehead atoms. The van der Waals surface area contributed by atoms with Gasteiger partial charge in [-0.1, -0.05) is 182 Å². The van der Waals surface area contributed by atoms with Gasteiger partial charge in [-0.2, -0.15) is 0 Å². The third-order valence-electron chi connectivity index (χ3n) is 11.7. The number of hydrogen-bond donors (Lipinski definition) is 0. The fraction of sp³-hybridized carbons (Fsp3) is 0.0185. The van der Waals surface area contributed by atoms with Crippen molar-refractivity contribution in [1.82, 2.24) is 9.97 Å². The van der Waals surface area contributed by atoms with E-state index >= 15 is 0 Å². The van der Waals surface area contributed by atoms with E-state index in [1.165, 1.54) is 44.5 Å². The highest BCUT2D eigenvalue weighted by molar-refractivity contribution is 5.99. The van der Waals surface area contributed by atoms with Gasteiger partial charge >= 0.3 is 0 Å². The molecule has 9 aromatic rings. The molecule has 264 valence electrons. The maximum atomic E-state index is 8.18. The molecule has 3 nitrogen and oxygen atoms in total. The Morgan fingerprint density at radius 2 is 0.860 bits per heavy atom. The topological polar surface area (TPSA) is 30.1 Å². The van der Waals surface area contributed by atoms with Crippen LogP contribution in [-0.4, -0.2) is 9.97 Å². The molecule has 0 atom stereocenters. The van der Waals surface area contributed by atoms with Gasteiger partial charge in [-0.3, -0.25) is 0 Å². The van der Waals surface area contributed by atoms with Crippen molar-refractivity contribution in [3.8, 4) is 78.4 Å². The summed E-state index contributed by atoms with van der Waals surface area (Å²) < 4.78 is 0. The molecule has 11 rings (SSSR count). The minimum atomic E-state index is -0.533. The van der Waals surface area contributed by atoms with Gasteiger partial charge in [-0.15, -0.1) is 0 Å².